The molecule has 0 bridgehead atoms. The Balaban J connectivity index is 1.95. The average molecular weight is 270 g/mol. The number of nitrogens with zero attached hydrogens (tertiary/aromatic N) is 3. The summed E-state index contributed by atoms with van der Waals surface area (Å²) in [4.78, 5) is 15.6. The molecule has 0 fully saturated rings. The summed E-state index contributed by atoms with van der Waals surface area (Å²) in [7, 11) is 0. The van der Waals surface area contributed by atoms with E-state index in [1.165, 1.54) is 22.4 Å². The van der Waals surface area contributed by atoms with Crippen LogP contribution < -0.4 is 10.4 Å². The average Bonchev–Trinajstić information content (AvgIpc) is 2.82. The van der Waals surface area contributed by atoms with E-state index in [4.69, 9.17) is 4.74 Å². The van der Waals surface area contributed by atoms with Gasteiger partial charge in [-0.25, -0.2) is 19.3 Å². The van der Waals surface area contributed by atoms with Gasteiger partial charge in [-0.05, 0) is 23.6 Å². The van der Waals surface area contributed by atoms with Crippen molar-refractivity contribution in [3.05, 3.63) is 52.7 Å². The van der Waals surface area contributed by atoms with Crippen molar-refractivity contribution in [2.24, 2.45) is 0 Å². The maximum Gasteiger partial charge on any atom is 0.347 e. The molecule has 1 N–H and O–H groups in total. The summed E-state index contributed by atoms with van der Waals surface area (Å²) in [5.41, 5.74) is 1.28. The van der Waals surface area contributed by atoms with Gasteiger partial charge in [-0.1, -0.05) is 26.0 Å². The van der Waals surface area contributed by atoms with E-state index in [2.05, 4.69) is 29.0 Å². The number of hydrogen-bond acceptors (Lipinski definition) is 4. The first kappa shape index (κ1) is 12.4. The summed E-state index contributed by atoms with van der Waals surface area (Å²) < 4.78 is 7.04. The summed E-state index contributed by atoms with van der Waals surface area (Å²) >= 11 is 0. The summed E-state index contributed by atoms with van der Waals surface area (Å²) in [6.45, 7) is 4.27. The van der Waals surface area contributed by atoms with Crippen LogP contribution in [0.15, 0.2) is 41.5 Å². The molecule has 2 heterocycles. The molecule has 0 saturated heterocycles. The van der Waals surface area contributed by atoms with E-state index in [0.717, 1.165) is 0 Å². The quantitative estimate of drug-likeness (QED) is 0.792. The van der Waals surface area contributed by atoms with Gasteiger partial charge in [-0.3, -0.25) is 0 Å². The first-order chi connectivity index (χ1) is 9.65. The topological polar surface area (TPSA) is 72.3 Å². The molecule has 3 aromatic rings. The number of aromatic nitrogens is 4. The zero-order valence-corrected chi connectivity index (χ0v) is 11.2. The van der Waals surface area contributed by atoms with E-state index in [0.29, 0.717) is 23.2 Å². The first-order valence-electron chi connectivity index (χ1n) is 6.34. The fraction of sp³-hybridized carbons (Fsp3) is 0.214. The summed E-state index contributed by atoms with van der Waals surface area (Å²) in [5, 5.41) is 6.26. The zero-order chi connectivity index (χ0) is 14.1. The van der Waals surface area contributed by atoms with Crippen LogP contribution in [-0.2, 0) is 0 Å². The van der Waals surface area contributed by atoms with Crippen molar-refractivity contribution in [2.75, 3.05) is 0 Å². The molecular weight excluding hydrogens is 256 g/mol. The summed E-state index contributed by atoms with van der Waals surface area (Å²) in [5.74, 6) is 1.42. The minimum atomic E-state index is -0.317. The lowest BCUT2D eigenvalue weighted by atomic mass is 10.0. The monoisotopic (exact) mass is 270 g/mol. The molecular formula is C14H14N4O2. The maximum absolute atomic E-state index is 11.5. The first-order valence-corrected chi connectivity index (χ1v) is 6.34. The fourth-order valence-corrected chi connectivity index (χ4v) is 1.92. The molecule has 20 heavy (non-hydrogen) atoms. The lowest BCUT2D eigenvalue weighted by Gasteiger charge is -2.08. The van der Waals surface area contributed by atoms with E-state index in [9.17, 15) is 4.79 Å². The predicted molar refractivity (Wildman–Crippen MR) is 74.2 cm³/mol. The van der Waals surface area contributed by atoms with Gasteiger partial charge in [0.25, 0.3) is 5.88 Å². The molecule has 1 aromatic carbocycles. The van der Waals surface area contributed by atoms with Crippen LogP contribution in [0.4, 0.5) is 0 Å². The maximum atomic E-state index is 11.5. The van der Waals surface area contributed by atoms with Gasteiger partial charge in [0.15, 0.2) is 0 Å². The van der Waals surface area contributed by atoms with Gasteiger partial charge in [0.1, 0.15) is 5.75 Å². The second kappa shape index (κ2) is 4.80. The van der Waals surface area contributed by atoms with Crippen molar-refractivity contribution >= 4 is 5.65 Å². The molecule has 3 rings (SSSR count). The third-order valence-corrected chi connectivity index (χ3v) is 3.06. The predicted octanol–water partition coefficient (Wildman–Crippen LogP) is 2.33. The summed E-state index contributed by atoms with van der Waals surface area (Å²) in [6.07, 6.45) is 3.04. The number of H-pyrrole nitrogens is 1. The molecule has 0 aliphatic carbocycles. The van der Waals surface area contributed by atoms with Crippen LogP contribution in [0.3, 0.4) is 0 Å². The van der Waals surface area contributed by atoms with Crippen molar-refractivity contribution in [1.82, 2.24) is 19.6 Å². The van der Waals surface area contributed by atoms with Gasteiger partial charge in [0, 0.05) is 12.4 Å². The fourth-order valence-electron chi connectivity index (χ4n) is 1.92. The third-order valence-electron chi connectivity index (χ3n) is 3.06. The zero-order valence-electron chi connectivity index (χ0n) is 11.2. The Hall–Kier alpha value is -2.63. The Labute approximate surface area is 115 Å². The number of hydrogen-bond donors (Lipinski definition) is 1. The number of aromatic amines is 1. The van der Waals surface area contributed by atoms with E-state index >= 15 is 0 Å². The van der Waals surface area contributed by atoms with Crippen molar-refractivity contribution in [3.8, 4) is 11.6 Å². The molecule has 0 spiro atoms. The highest BCUT2D eigenvalue weighted by Gasteiger charge is 2.09. The largest absolute Gasteiger partial charge is 0.436 e. The number of fused-ring (bicyclic) bond motifs is 1. The Morgan fingerprint density at radius 1 is 1.25 bits per heavy atom. The molecule has 0 radical (unpaired) electrons. The van der Waals surface area contributed by atoms with E-state index < -0.39 is 0 Å². The highest BCUT2D eigenvalue weighted by Crippen LogP contribution is 2.24. The van der Waals surface area contributed by atoms with Crippen LogP contribution in [0.25, 0.3) is 5.65 Å². The van der Waals surface area contributed by atoms with Crippen LogP contribution in [-0.4, -0.2) is 19.6 Å². The van der Waals surface area contributed by atoms with Crippen LogP contribution in [0, 0.1) is 0 Å². The number of rotatable bonds is 3. The minimum absolute atomic E-state index is 0.295. The van der Waals surface area contributed by atoms with E-state index in [1.54, 1.807) is 0 Å². The van der Waals surface area contributed by atoms with Crippen LogP contribution in [0.5, 0.6) is 11.6 Å². The molecule has 0 unspecified atom stereocenters. The Morgan fingerprint density at radius 2 is 2.00 bits per heavy atom. The molecule has 0 saturated carbocycles. The Bertz CT molecular complexity index is 787. The van der Waals surface area contributed by atoms with Crippen molar-refractivity contribution in [2.45, 2.75) is 19.8 Å². The van der Waals surface area contributed by atoms with Gasteiger partial charge >= 0.3 is 5.69 Å². The lowest BCUT2D eigenvalue weighted by Crippen LogP contribution is -2.09. The molecule has 0 atom stereocenters. The molecule has 0 aliphatic rings. The SMILES string of the molecule is CC(C)c1ccc(Oc2nccn3c(=O)[nH]nc23)cc1. The molecule has 0 amide bonds. The lowest BCUT2D eigenvalue weighted by molar-refractivity contribution is 0.464. The summed E-state index contributed by atoms with van der Waals surface area (Å²) in [6, 6.07) is 7.78. The van der Waals surface area contributed by atoms with E-state index in [-0.39, 0.29) is 5.69 Å². The van der Waals surface area contributed by atoms with Crippen molar-refractivity contribution in [1.29, 1.82) is 0 Å². The second-order valence-electron chi connectivity index (χ2n) is 4.78. The van der Waals surface area contributed by atoms with Crippen molar-refractivity contribution in [3.63, 3.8) is 0 Å². The van der Waals surface area contributed by atoms with Gasteiger partial charge in [0.05, 0.1) is 0 Å². The highest BCUT2D eigenvalue weighted by atomic mass is 16.5. The Morgan fingerprint density at radius 3 is 2.70 bits per heavy atom. The van der Waals surface area contributed by atoms with Gasteiger partial charge in [-0.2, -0.15) is 0 Å². The third kappa shape index (κ3) is 2.16. The van der Waals surface area contributed by atoms with E-state index in [1.807, 2.05) is 24.3 Å². The van der Waals surface area contributed by atoms with Crippen LogP contribution >= 0.6 is 0 Å². The number of benzene rings is 1. The molecule has 6 heteroatoms. The standard InChI is InChI=1S/C14H14N4O2/c1-9(2)10-3-5-11(6-4-10)20-13-12-16-17-14(19)18(12)8-7-15-13/h3-9H,1-2H3,(H,17,19). The number of nitrogens with one attached hydrogen (secondary N) is 1. The van der Waals surface area contributed by atoms with Crippen molar-refractivity contribution < 1.29 is 4.74 Å². The van der Waals surface area contributed by atoms with Gasteiger partial charge < -0.3 is 4.74 Å². The number of ether oxygens (including phenoxy) is 1. The molecule has 2 aromatic heterocycles. The van der Waals surface area contributed by atoms with Gasteiger partial charge in [0.2, 0.25) is 5.65 Å². The Kier molecular flexibility index (Phi) is 2.98. The highest BCUT2D eigenvalue weighted by molar-refractivity contribution is 5.49. The molecule has 6 nitrogen and oxygen atoms in total. The second-order valence-corrected chi connectivity index (χ2v) is 4.78. The minimum Gasteiger partial charge on any atom is -0.436 e. The van der Waals surface area contributed by atoms with Crippen LogP contribution in [0.2, 0.25) is 0 Å². The van der Waals surface area contributed by atoms with Crippen LogP contribution in [0.1, 0.15) is 25.3 Å². The normalized spacial score (nSPS) is 11.2. The smallest absolute Gasteiger partial charge is 0.347 e. The molecule has 0 aliphatic heterocycles. The molecule has 102 valence electrons. The van der Waals surface area contributed by atoms with Gasteiger partial charge in [-0.15, -0.1) is 5.10 Å².